The van der Waals surface area contributed by atoms with Gasteiger partial charge in [-0.15, -0.1) is 0 Å². The number of hydrogen-bond acceptors (Lipinski definition) is 4. The van der Waals surface area contributed by atoms with Crippen LogP contribution >= 0.6 is 11.6 Å². The summed E-state index contributed by atoms with van der Waals surface area (Å²) in [5.74, 6) is 0.752. The molecule has 0 saturated heterocycles. The van der Waals surface area contributed by atoms with Gasteiger partial charge in [-0.2, -0.15) is 0 Å². The van der Waals surface area contributed by atoms with E-state index in [1.807, 2.05) is 24.3 Å². The number of fused-ring (bicyclic) bond motifs is 3. The summed E-state index contributed by atoms with van der Waals surface area (Å²) in [4.78, 5) is 11.2. The Hall–Kier alpha value is -2.53. The molecule has 0 fully saturated rings. The minimum Gasteiger partial charge on any atom is -0.495 e. The molecule has 1 N–H and O–H groups in total. The average molecular weight is 357 g/mol. The third-order valence-electron chi connectivity index (χ3n) is 5.12. The number of allylic oxidation sites excluding steroid dienone is 2. The zero-order valence-electron chi connectivity index (χ0n) is 13.6. The number of hydrogen-bond donors (Lipinski definition) is 1. The number of anilines is 1. The molecule has 1 heterocycles. The molecule has 2 aliphatic rings. The molecule has 0 spiro atoms. The molecule has 0 bridgehead atoms. The van der Waals surface area contributed by atoms with Crippen molar-refractivity contribution in [3.05, 3.63) is 74.8 Å². The fourth-order valence-electron chi connectivity index (χ4n) is 4.03. The quantitative estimate of drug-likeness (QED) is 0.473. The second-order valence-corrected chi connectivity index (χ2v) is 6.74. The highest BCUT2D eigenvalue weighted by Gasteiger charge is 2.43. The molecule has 2 aromatic rings. The summed E-state index contributed by atoms with van der Waals surface area (Å²) in [6, 6.07) is 10.9. The first-order valence-electron chi connectivity index (χ1n) is 8.14. The third-order valence-corrected chi connectivity index (χ3v) is 5.46. The zero-order valence-corrected chi connectivity index (χ0v) is 14.4. The van der Waals surface area contributed by atoms with E-state index in [1.165, 1.54) is 6.07 Å². The lowest BCUT2D eigenvalue weighted by molar-refractivity contribution is -0.385. The smallest absolute Gasteiger partial charge is 0.275 e. The maximum atomic E-state index is 11.6. The minimum atomic E-state index is -0.320. The first-order chi connectivity index (χ1) is 12.1. The number of nitro benzene ring substituents is 1. The van der Waals surface area contributed by atoms with Crippen LogP contribution in [0.1, 0.15) is 29.5 Å². The lowest BCUT2D eigenvalue weighted by Crippen LogP contribution is -2.30. The van der Waals surface area contributed by atoms with Crippen molar-refractivity contribution in [1.82, 2.24) is 0 Å². The monoisotopic (exact) mass is 356 g/mol. The second-order valence-electron chi connectivity index (χ2n) is 6.33. The first kappa shape index (κ1) is 16.0. The van der Waals surface area contributed by atoms with E-state index in [-0.39, 0.29) is 28.5 Å². The maximum Gasteiger partial charge on any atom is 0.275 e. The Balaban J connectivity index is 1.91. The summed E-state index contributed by atoms with van der Waals surface area (Å²) < 4.78 is 5.47. The van der Waals surface area contributed by atoms with Gasteiger partial charge in [-0.05, 0) is 30.0 Å². The Labute approximate surface area is 150 Å². The molecule has 0 amide bonds. The molecule has 6 heteroatoms. The van der Waals surface area contributed by atoms with Crippen molar-refractivity contribution in [3.8, 4) is 5.75 Å². The molecule has 0 saturated carbocycles. The van der Waals surface area contributed by atoms with Crippen molar-refractivity contribution in [2.45, 2.75) is 18.4 Å². The van der Waals surface area contributed by atoms with Crippen LogP contribution in [0.15, 0.2) is 48.6 Å². The number of nitrogens with one attached hydrogen (secondary N) is 1. The van der Waals surface area contributed by atoms with Crippen LogP contribution in [-0.4, -0.2) is 12.0 Å². The summed E-state index contributed by atoms with van der Waals surface area (Å²) in [7, 11) is 1.57. The topological polar surface area (TPSA) is 64.4 Å². The number of ether oxygens (including phenoxy) is 1. The molecule has 128 valence electrons. The highest BCUT2D eigenvalue weighted by Crippen LogP contribution is 2.55. The lowest BCUT2D eigenvalue weighted by Gasteiger charge is -2.38. The van der Waals surface area contributed by atoms with Crippen molar-refractivity contribution in [2.24, 2.45) is 5.92 Å². The Morgan fingerprint density at radius 3 is 2.80 bits per heavy atom. The van der Waals surface area contributed by atoms with Gasteiger partial charge in [0.15, 0.2) is 0 Å². The number of benzene rings is 2. The molecule has 0 unspecified atom stereocenters. The SMILES string of the molecule is COc1ccc([N+](=O)[O-])c2c1N[C@H](c1ccccc1Cl)[C@@H]1CC=C[C@H]21. The fraction of sp³-hybridized carbons (Fsp3) is 0.263. The number of nitro groups is 1. The van der Waals surface area contributed by atoms with Crippen LogP contribution in [-0.2, 0) is 0 Å². The molecule has 25 heavy (non-hydrogen) atoms. The van der Waals surface area contributed by atoms with Gasteiger partial charge >= 0.3 is 0 Å². The molecule has 5 nitrogen and oxygen atoms in total. The highest BCUT2D eigenvalue weighted by molar-refractivity contribution is 6.31. The van der Waals surface area contributed by atoms with E-state index in [0.29, 0.717) is 22.0 Å². The fourth-order valence-corrected chi connectivity index (χ4v) is 4.28. The molecule has 3 atom stereocenters. The van der Waals surface area contributed by atoms with Crippen molar-refractivity contribution in [3.63, 3.8) is 0 Å². The van der Waals surface area contributed by atoms with Crippen molar-refractivity contribution in [2.75, 3.05) is 12.4 Å². The minimum absolute atomic E-state index is 0.0305. The Morgan fingerprint density at radius 1 is 1.28 bits per heavy atom. The molecule has 2 aromatic carbocycles. The Bertz CT molecular complexity index is 881. The predicted molar refractivity (Wildman–Crippen MR) is 97.5 cm³/mol. The predicted octanol–water partition coefficient (Wildman–Crippen LogP) is 5.08. The van der Waals surface area contributed by atoms with Gasteiger partial charge in [-0.25, -0.2) is 0 Å². The van der Waals surface area contributed by atoms with Crippen LogP contribution in [0.3, 0.4) is 0 Å². The normalized spacial score (nSPS) is 23.5. The Kier molecular flexibility index (Phi) is 3.88. The van der Waals surface area contributed by atoms with Gasteiger partial charge in [0.2, 0.25) is 0 Å². The van der Waals surface area contributed by atoms with E-state index < -0.39 is 0 Å². The van der Waals surface area contributed by atoms with Gasteiger partial charge in [0, 0.05) is 17.0 Å². The summed E-state index contributed by atoms with van der Waals surface area (Å²) in [6.07, 6.45) is 5.02. The van der Waals surface area contributed by atoms with Crippen LogP contribution in [0.2, 0.25) is 5.02 Å². The molecule has 0 radical (unpaired) electrons. The summed E-state index contributed by atoms with van der Waals surface area (Å²) in [5.41, 5.74) is 2.52. The van der Waals surface area contributed by atoms with Gasteiger partial charge in [-0.1, -0.05) is 42.0 Å². The third kappa shape index (κ3) is 2.46. The van der Waals surface area contributed by atoms with E-state index in [4.69, 9.17) is 16.3 Å². The average Bonchev–Trinajstić information content (AvgIpc) is 3.10. The lowest BCUT2D eigenvalue weighted by atomic mass is 9.76. The van der Waals surface area contributed by atoms with Gasteiger partial charge in [-0.3, -0.25) is 10.1 Å². The second kappa shape index (κ2) is 6.08. The molecular formula is C19H17ClN2O3. The van der Waals surface area contributed by atoms with Crippen molar-refractivity contribution >= 4 is 23.0 Å². The van der Waals surface area contributed by atoms with Crippen LogP contribution < -0.4 is 10.1 Å². The van der Waals surface area contributed by atoms with Gasteiger partial charge in [0.25, 0.3) is 5.69 Å². The van der Waals surface area contributed by atoms with Gasteiger partial charge in [0.1, 0.15) is 5.75 Å². The molecular weight excluding hydrogens is 340 g/mol. The highest BCUT2D eigenvalue weighted by atomic mass is 35.5. The van der Waals surface area contributed by atoms with E-state index in [1.54, 1.807) is 13.2 Å². The van der Waals surface area contributed by atoms with Crippen LogP contribution in [0, 0.1) is 16.0 Å². The van der Waals surface area contributed by atoms with E-state index >= 15 is 0 Å². The van der Waals surface area contributed by atoms with Gasteiger partial charge in [0.05, 0.1) is 29.3 Å². The number of methoxy groups -OCH3 is 1. The largest absolute Gasteiger partial charge is 0.495 e. The van der Waals surface area contributed by atoms with Crippen LogP contribution in [0.4, 0.5) is 11.4 Å². The summed E-state index contributed by atoms with van der Waals surface area (Å²) in [6.45, 7) is 0. The summed E-state index contributed by atoms with van der Waals surface area (Å²) in [5, 5.41) is 15.7. The standard InChI is InChI=1S/C19H17ClN2O3/c1-25-16-10-9-15(22(23)24)17-11-6-4-7-12(11)18(21-19(16)17)13-5-2-3-8-14(13)20/h2-6,8-12,18,21H,7H2,1H3/t11-,12+,18-/m0/s1. The zero-order chi connectivity index (χ0) is 17.6. The number of nitrogens with zero attached hydrogens (tertiary/aromatic N) is 1. The molecule has 4 rings (SSSR count). The maximum absolute atomic E-state index is 11.6. The van der Waals surface area contributed by atoms with E-state index in [9.17, 15) is 10.1 Å². The van der Waals surface area contributed by atoms with Crippen molar-refractivity contribution in [1.29, 1.82) is 0 Å². The molecule has 1 aliphatic carbocycles. The number of rotatable bonds is 3. The van der Waals surface area contributed by atoms with E-state index in [0.717, 1.165) is 12.0 Å². The summed E-state index contributed by atoms with van der Waals surface area (Å²) >= 11 is 6.43. The number of halogens is 1. The van der Waals surface area contributed by atoms with Gasteiger partial charge < -0.3 is 10.1 Å². The van der Waals surface area contributed by atoms with Crippen molar-refractivity contribution < 1.29 is 9.66 Å². The van der Waals surface area contributed by atoms with E-state index in [2.05, 4.69) is 17.5 Å². The first-order valence-corrected chi connectivity index (χ1v) is 8.52. The van der Waals surface area contributed by atoms with Crippen LogP contribution in [0.5, 0.6) is 5.75 Å². The Morgan fingerprint density at radius 2 is 2.08 bits per heavy atom. The molecule has 1 aliphatic heterocycles. The molecule has 0 aromatic heterocycles. The van der Waals surface area contributed by atoms with Crippen LogP contribution in [0.25, 0.3) is 0 Å².